The molecule has 2 aliphatic rings. The van der Waals surface area contributed by atoms with Crippen LogP contribution in [0, 0.1) is 0 Å². The van der Waals surface area contributed by atoms with Crippen molar-refractivity contribution < 1.29 is 4.79 Å². The van der Waals surface area contributed by atoms with Crippen molar-refractivity contribution in [1.82, 2.24) is 10.2 Å². The van der Waals surface area contributed by atoms with Gasteiger partial charge in [-0.1, -0.05) is 6.92 Å². The molecule has 0 bridgehead atoms. The van der Waals surface area contributed by atoms with E-state index in [2.05, 4.69) is 17.1 Å². The molecular weight excluding hydrogens is 220 g/mol. The standard InChI is InChI=1S/C12H22N2OS/c1-2-6-13-11-5-7-14(12(11)15)9-10-4-3-8-16-10/h10-11,13H,2-9H2,1H3. The topological polar surface area (TPSA) is 32.3 Å². The highest BCUT2D eigenvalue weighted by molar-refractivity contribution is 8.00. The smallest absolute Gasteiger partial charge is 0.239 e. The van der Waals surface area contributed by atoms with Crippen LogP contribution >= 0.6 is 11.8 Å². The number of carbonyl (C=O) groups excluding carboxylic acids is 1. The molecule has 2 fully saturated rings. The molecule has 2 atom stereocenters. The van der Waals surface area contributed by atoms with Crippen LogP contribution in [0.15, 0.2) is 0 Å². The summed E-state index contributed by atoms with van der Waals surface area (Å²) in [6.45, 7) is 5.03. The minimum absolute atomic E-state index is 0.103. The summed E-state index contributed by atoms with van der Waals surface area (Å²) in [5.41, 5.74) is 0. The van der Waals surface area contributed by atoms with Crippen LogP contribution in [0.3, 0.4) is 0 Å². The van der Waals surface area contributed by atoms with E-state index in [0.717, 1.165) is 32.5 Å². The zero-order chi connectivity index (χ0) is 11.4. The predicted octanol–water partition coefficient (Wildman–Crippen LogP) is 1.48. The second kappa shape index (κ2) is 5.92. The Bertz CT molecular complexity index is 241. The summed E-state index contributed by atoms with van der Waals surface area (Å²) in [5.74, 6) is 1.62. The van der Waals surface area contributed by atoms with Crippen LogP contribution in [0.1, 0.15) is 32.6 Å². The van der Waals surface area contributed by atoms with Crippen LogP contribution in [-0.2, 0) is 4.79 Å². The number of nitrogens with one attached hydrogen (secondary N) is 1. The van der Waals surface area contributed by atoms with Crippen LogP contribution in [-0.4, -0.2) is 47.5 Å². The van der Waals surface area contributed by atoms with Gasteiger partial charge in [0.25, 0.3) is 0 Å². The summed E-state index contributed by atoms with van der Waals surface area (Å²) in [5, 5.41) is 4.04. The zero-order valence-electron chi connectivity index (χ0n) is 10.1. The first-order valence-electron chi connectivity index (χ1n) is 6.45. The number of nitrogens with zero attached hydrogens (tertiary/aromatic N) is 1. The Hall–Kier alpha value is -0.220. The highest BCUT2D eigenvalue weighted by atomic mass is 32.2. The van der Waals surface area contributed by atoms with Gasteiger partial charge in [-0.15, -0.1) is 0 Å². The Labute approximate surface area is 102 Å². The Morgan fingerprint density at radius 2 is 2.38 bits per heavy atom. The fourth-order valence-electron chi connectivity index (χ4n) is 2.46. The summed E-state index contributed by atoms with van der Waals surface area (Å²) >= 11 is 2.04. The van der Waals surface area contributed by atoms with E-state index in [1.54, 1.807) is 0 Å². The van der Waals surface area contributed by atoms with Gasteiger partial charge in [-0.3, -0.25) is 4.79 Å². The average molecular weight is 242 g/mol. The van der Waals surface area contributed by atoms with Gasteiger partial charge in [0.15, 0.2) is 0 Å². The lowest BCUT2D eigenvalue weighted by Crippen LogP contribution is -2.40. The third-order valence-electron chi connectivity index (χ3n) is 3.39. The van der Waals surface area contributed by atoms with Crippen molar-refractivity contribution >= 4 is 17.7 Å². The molecule has 0 spiro atoms. The zero-order valence-corrected chi connectivity index (χ0v) is 10.9. The molecule has 0 aromatic heterocycles. The maximum Gasteiger partial charge on any atom is 0.239 e. The molecule has 1 amide bonds. The summed E-state index contributed by atoms with van der Waals surface area (Å²) < 4.78 is 0. The van der Waals surface area contributed by atoms with Crippen molar-refractivity contribution in [1.29, 1.82) is 0 Å². The van der Waals surface area contributed by atoms with E-state index in [4.69, 9.17) is 0 Å². The van der Waals surface area contributed by atoms with E-state index in [9.17, 15) is 4.79 Å². The highest BCUT2D eigenvalue weighted by Gasteiger charge is 2.32. The fourth-order valence-corrected chi connectivity index (χ4v) is 3.75. The van der Waals surface area contributed by atoms with Crippen molar-refractivity contribution in [3.63, 3.8) is 0 Å². The number of likely N-dealkylation sites (tertiary alicyclic amines) is 1. The fraction of sp³-hybridized carbons (Fsp3) is 0.917. The molecular formula is C12H22N2OS. The van der Waals surface area contributed by atoms with Crippen molar-refractivity contribution in [3.05, 3.63) is 0 Å². The van der Waals surface area contributed by atoms with Gasteiger partial charge in [-0.25, -0.2) is 0 Å². The van der Waals surface area contributed by atoms with Gasteiger partial charge in [-0.2, -0.15) is 11.8 Å². The molecule has 0 saturated carbocycles. The Morgan fingerprint density at radius 1 is 1.50 bits per heavy atom. The molecule has 1 N–H and O–H groups in total. The molecule has 0 aliphatic carbocycles. The first-order chi connectivity index (χ1) is 7.81. The highest BCUT2D eigenvalue weighted by Crippen LogP contribution is 2.28. The third kappa shape index (κ3) is 2.92. The molecule has 0 aromatic carbocycles. The Kier molecular flexibility index (Phi) is 4.53. The van der Waals surface area contributed by atoms with Gasteiger partial charge in [0.05, 0.1) is 6.04 Å². The van der Waals surface area contributed by atoms with Crippen LogP contribution < -0.4 is 5.32 Å². The van der Waals surface area contributed by atoms with E-state index >= 15 is 0 Å². The van der Waals surface area contributed by atoms with E-state index < -0.39 is 0 Å². The maximum absolute atomic E-state index is 12.1. The molecule has 92 valence electrons. The molecule has 4 heteroatoms. The largest absolute Gasteiger partial charge is 0.340 e. The number of rotatable bonds is 5. The Balaban J connectivity index is 1.77. The average Bonchev–Trinajstić information content (AvgIpc) is 2.89. The van der Waals surface area contributed by atoms with E-state index in [1.807, 2.05) is 11.8 Å². The van der Waals surface area contributed by atoms with E-state index in [1.165, 1.54) is 18.6 Å². The lowest BCUT2D eigenvalue weighted by atomic mass is 10.2. The molecule has 3 nitrogen and oxygen atoms in total. The van der Waals surface area contributed by atoms with Gasteiger partial charge >= 0.3 is 0 Å². The number of carbonyl (C=O) groups is 1. The van der Waals surface area contributed by atoms with Crippen molar-refractivity contribution in [2.45, 2.75) is 43.9 Å². The lowest BCUT2D eigenvalue weighted by Gasteiger charge is -2.20. The summed E-state index contributed by atoms with van der Waals surface area (Å²) in [6.07, 6.45) is 4.72. The van der Waals surface area contributed by atoms with Gasteiger partial charge in [0, 0.05) is 18.3 Å². The molecule has 2 unspecified atom stereocenters. The minimum atomic E-state index is 0.103. The summed E-state index contributed by atoms with van der Waals surface area (Å²) in [7, 11) is 0. The molecule has 2 heterocycles. The third-order valence-corrected chi connectivity index (χ3v) is 4.77. The first-order valence-corrected chi connectivity index (χ1v) is 7.50. The number of thioether (sulfide) groups is 1. The van der Waals surface area contributed by atoms with Crippen molar-refractivity contribution in [3.8, 4) is 0 Å². The number of hydrogen-bond donors (Lipinski definition) is 1. The molecule has 2 aliphatic heterocycles. The normalized spacial score (nSPS) is 30.3. The first kappa shape index (κ1) is 12.2. The SMILES string of the molecule is CCCNC1CCN(CC2CCCS2)C1=O. The summed E-state index contributed by atoms with van der Waals surface area (Å²) in [6, 6.07) is 0.103. The molecule has 16 heavy (non-hydrogen) atoms. The quantitative estimate of drug-likeness (QED) is 0.792. The number of hydrogen-bond acceptors (Lipinski definition) is 3. The molecule has 0 radical (unpaired) electrons. The second-order valence-electron chi connectivity index (χ2n) is 4.71. The molecule has 0 aromatic rings. The lowest BCUT2D eigenvalue weighted by molar-refractivity contribution is -0.129. The predicted molar refractivity (Wildman–Crippen MR) is 68.8 cm³/mol. The van der Waals surface area contributed by atoms with Gasteiger partial charge in [0.2, 0.25) is 5.91 Å². The van der Waals surface area contributed by atoms with Crippen LogP contribution in [0.5, 0.6) is 0 Å². The molecule has 2 saturated heterocycles. The number of amides is 1. The van der Waals surface area contributed by atoms with Gasteiger partial charge in [-0.05, 0) is 38.0 Å². The van der Waals surface area contributed by atoms with Crippen LogP contribution in [0.25, 0.3) is 0 Å². The van der Waals surface area contributed by atoms with Crippen LogP contribution in [0.4, 0.5) is 0 Å². The minimum Gasteiger partial charge on any atom is -0.340 e. The molecule has 2 rings (SSSR count). The van der Waals surface area contributed by atoms with Gasteiger partial charge in [0.1, 0.15) is 0 Å². The van der Waals surface area contributed by atoms with Gasteiger partial charge < -0.3 is 10.2 Å². The van der Waals surface area contributed by atoms with Crippen molar-refractivity contribution in [2.24, 2.45) is 0 Å². The maximum atomic E-state index is 12.1. The summed E-state index contributed by atoms with van der Waals surface area (Å²) in [4.78, 5) is 14.1. The van der Waals surface area contributed by atoms with E-state index in [-0.39, 0.29) is 6.04 Å². The Morgan fingerprint density at radius 3 is 3.06 bits per heavy atom. The van der Waals surface area contributed by atoms with Crippen LogP contribution in [0.2, 0.25) is 0 Å². The van der Waals surface area contributed by atoms with Crippen molar-refractivity contribution in [2.75, 3.05) is 25.4 Å². The van der Waals surface area contributed by atoms with E-state index in [0.29, 0.717) is 11.2 Å². The second-order valence-corrected chi connectivity index (χ2v) is 6.12. The monoisotopic (exact) mass is 242 g/mol.